The highest BCUT2D eigenvalue weighted by molar-refractivity contribution is 7.98. The Morgan fingerprint density at radius 3 is 2.67 bits per heavy atom. The molecule has 0 atom stereocenters. The van der Waals surface area contributed by atoms with Crippen LogP contribution in [0, 0.1) is 13.8 Å². The van der Waals surface area contributed by atoms with E-state index in [9.17, 15) is 14.4 Å². The highest BCUT2D eigenvalue weighted by Gasteiger charge is 2.26. The molecule has 3 aromatic rings. The standard InChI is InChI=1S/C23H22ClN3O4S2/c1-5-31-22(30)17-13(3)19(14(4)28)33-21(17)27-20(29)18-16(24)10-25-23(26-18)32-11-15-8-6-7-12(2)9-15/h6-10H,5,11H2,1-4H3,(H,27,29). The summed E-state index contributed by atoms with van der Waals surface area (Å²) in [6.07, 6.45) is 1.37. The SMILES string of the molecule is CCOC(=O)c1c(NC(=O)c2nc(SCc3cccc(C)c3)ncc2Cl)sc(C(C)=O)c1C. The topological polar surface area (TPSA) is 98.2 Å². The van der Waals surface area contributed by atoms with Crippen molar-refractivity contribution in [3.63, 3.8) is 0 Å². The number of nitrogens with one attached hydrogen (secondary N) is 1. The Hall–Kier alpha value is -2.75. The van der Waals surface area contributed by atoms with Gasteiger partial charge in [0.05, 0.1) is 28.3 Å². The minimum Gasteiger partial charge on any atom is -0.462 e. The lowest BCUT2D eigenvalue weighted by Crippen LogP contribution is -2.17. The van der Waals surface area contributed by atoms with Crippen molar-refractivity contribution in [3.05, 3.63) is 68.3 Å². The highest BCUT2D eigenvalue weighted by Crippen LogP contribution is 2.34. The molecule has 2 heterocycles. The Labute approximate surface area is 204 Å². The number of benzene rings is 1. The Bertz CT molecular complexity index is 1230. The second-order valence-electron chi connectivity index (χ2n) is 7.12. The third-order valence-electron chi connectivity index (χ3n) is 4.56. The molecule has 2 aromatic heterocycles. The predicted molar refractivity (Wildman–Crippen MR) is 131 cm³/mol. The predicted octanol–water partition coefficient (Wildman–Crippen LogP) is 5.73. The fraction of sp³-hybridized carbons (Fsp3) is 0.261. The number of ketones is 1. The zero-order valence-electron chi connectivity index (χ0n) is 18.5. The van der Waals surface area contributed by atoms with Crippen LogP contribution in [-0.4, -0.2) is 34.2 Å². The Balaban J connectivity index is 1.85. The lowest BCUT2D eigenvalue weighted by Gasteiger charge is -2.09. The van der Waals surface area contributed by atoms with Crippen molar-refractivity contribution < 1.29 is 19.1 Å². The fourth-order valence-corrected chi connectivity index (χ4v) is 5.10. The number of hydrogen-bond acceptors (Lipinski definition) is 8. The molecule has 1 aromatic carbocycles. The molecule has 0 spiro atoms. The maximum atomic E-state index is 13.0. The molecular weight excluding hydrogens is 482 g/mol. The van der Waals surface area contributed by atoms with Gasteiger partial charge in [0.1, 0.15) is 5.00 Å². The van der Waals surface area contributed by atoms with Gasteiger partial charge in [-0.15, -0.1) is 11.3 Å². The summed E-state index contributed by atoms with van der Waals surface area (Å²) < 4.78 is 5.11. The number of esters is 1. The van der Waals surface area contributed by atoms with Gasteiger partial charge in [0.2, 0.25) is 0 Å². The van der Waals surface area contributed by atoms with Crippen molar-refractivity contribution in [2.75, 3.05) is 11.9 Å². The van der Waals surface area contributed by atoms with Crippen LogP contribution in [0.1, 0.15) is 61.1 Å². The minimum atomic E-state index is -0.614. The Kier molecular flexibility index (Phi) is 8.23. The smallest absolute Gasteiger partial charge is 0.341 e. The summed E-state index contributed by atoms with van der Waals surface area (Å²) in [4.78, 5) is 46.3. The van der Waals surface area contributed by atoms with E-state index in [1.54, 1.807) is 13.8 Å². The van der Waals surface area contributed by atoms with Crippen LogP contribution in [0.15, 0.2) is 35.6 Å². The van der Waals surface area contributed by atoms with Gasteiger partial charge in [-0.25, -0.2) is 14.8 Å². The number of carbonyl (C=O) groups excluding carboxylic acids is 3. The van der Waals surface area contributed by atoms with Gasteiger partial charge >= 0.3 is 5.97 Å². The number of rotatable bonds is 8. The molecule has 1 N–H and O–H groups in total. The average Bonchev–Trinajstić information content (AvgIpc) is 3.09. The molecule has 0 aliphatic heterocycles. The van der Waals surface area contributed by atoms with Crippen LogP contribution >= 0.6 is 34.7 Å². The molecule has 0 saturated heterocycles. The maximum Gasteiger partial charge on any atom is 0.341 e. The summed E-state index contributed by atoms with van der Waals surface area (Å²) in [6.45, 7) is 6.91. The van der Waals surface area contributed by atoms with Crippen LogP contribution in [0.3, 0.4) is 0 Å². The molecule has 0 saturated carbocycles. The van der Waals surface area contributed by atoms with Crippen LogP contribution in [0.25, 0.3) is 0 Å². The number of halogens is 1. The molecule has 7 nitrogen and oxygen atoms in total. The van der Waals surface area contributed by atoms with Gasteiger partial charge in [0, 0.05) is 5.75 Å². The second kappa shape index (κ2) is 10.9. The molecule has 0 radical (unpaired) electrons. The largest absolute Gasteiger partial charge is 0.462 e. The van der Waals surface area contributed by atoms with Crippen LogP contribution in [0.2, 0.25) is 5.02 Å². The molecule has 0 aliphatic rings. The molecule has 1 amide bonds. The molecule has 0 unspecified atom stereocenters. The van der Waals surface area contributed by atoms with Gasteiger partial charge in [0.15, 0.2) is 16.6 Å². The fourth-order valence-electron chi connectivity index (χ4n) is 3.08. The van der Waals surface area contributed by atoms with E-state index in [1.165, 1.54) is 24.9 Å². The van der Waals surface area contributed by atoms with E-state index < -0.39 is 11.9 Å². The molecule has 10 heteroatoms. The van der Waals surface area contributed by atoms with Crippen molar-refractivity contribution in [2.24, 2.45) is 0 Å². The van der Waals surface area contributed by atoms with E-state index in [1.807, 2.05) is 25.1 Å². The normalized spacial score (nSPS) is 10.7. The molecule has 33 heavy (non-hydrogen) atoms. The Morgan fingerprint density at radius 2 is 2.00 bits per heavy atom. The average molecular weight is 504 g/mol. The molecule has 3 rings (SSSR count). The quantitative estimate of drug-likeness (QED) is 0.181. The Morgan fingerprint density at radius 1 is 1.24 bits per heavy atom. The third kappa shape index (κ3) is 5.98. The van der Waals surface area contributed by atoms with Gasteiger partial charge in [-0.2, -0.15) is 0 Å². The molecule has 0 bridgehead atoms. The number of ether oxygens (including phenoxy) is 1. The first-order valence-electron chi connectivity index (χ1n) is 10.0. The first-order chi connectivity index (χ1) is 15.7. The lowest BCUT2D eigenvalue weighted by molar-refractivity contribution is 0.0527. The van der Waals surface area contributed by atoms with Gasteiger partial charge in [-0.1, -0.05) is 53.2 Å². The van der Waals surface area contributed by atoms with E-state index in [4.69, 9.17) is 16.3 Å². The maximum absolute atomic E-state index is 13.0. The van der Waals surface area contributed by atoms with Crippen molar-refractivity contribution in [3.8, 4) is 0 Å². The third-order valence-corrected chi connectivity index (χ3v) is 7.08. The molecule has 0 fully saturated rings. The zero-order valence-corrected chi connectivity index (χ0v) is 20.9. The number of hydrogen-bond donors (Lipinski definition) is 1. The first-order valence-corrected chi connectivity index (χ1v) is 12.2. The van der Waals surface area contributed by atoms with E-state index in [-0.39, 0.29) is 33.7 Å². The summed E-state index contributed by atoms with van der Waals surface area (Å²) >= 11 is 8.59. The highest BCUT2D eigenvalue weighted by atomic mass is 35.5. The minimum absolute atomic E-state index is 0.0244. The number of aromatic nitrogens is 2. The second-order valence-corrected chi connectivity index (χ2v) is 9.49. The van der Waals surface area contributed by atoms with E-state index >= 15 is 0 Å². The molecule has 0 aliphatic carbocycles. The van der Waals surface area contributed by atoms with Gasteiger partial charge in [0.25, 0.3) is 5.91 Å². The number of carbonyl (C=O) groups is 3. The molecule has 172 valence electrons. The number of anilines is 1. The monoisotopic (exact) mass is 503 g/mol. The van der Waals surface area contributed by atoms with Gasteiger partial charge < -0.3 is 10.1 Å². The van der Waals surface area contributed by atoms with Crippen LogP contribution in [0.5, 0.6) is 0 Å². The number of nitrogens with zero attached hydrogens (tertiary/aromatic N) is 2. The lowest BCUT2D eigenvalue weighted by atomic mass is 10.1. The first kappa shape index (κ1) is 24.9. The number of aryl methyl sites for hydroxylation is 1. The number of amides is 1. The van der Waals surface area contributed by atoms with Crippen LogP contribution in [-0.2, 0) is 10.5 Å². The van der Waals surface area contributed by atoms with E-state index in [0.29, 0.717) is 21.3 Å². The van der Waals surface area contributed by atoms with E-state index in [0.717, 1.165) is 22.5 Å². The van der Waals surface area contributed by atoms with E-state index in [2.05, 4.69) is 21.4 Å². The zero-order chi connectivity index (χ0) is 24.1. The number of Topliss-reactive ketones (excluding diaryl/α,β-unsaturated/α-hetero) is 1. The van der Waals surface area contributed by atoms with Crippen molar-refractivity contribution >= 4 is 57.4 Å². The summed E-state index contributed by atoms with van der Waals surface area (Å²) in [5.74, 6) is -0.805. The van der Waals surface area contributed by atoms with Crippen LogP contribution in [0.4, 0.5) is 5.00 Å². The van der Waals surface area contributed by atoms with Gasteiger partial charge in [-0.3, -0.25) is 9.59 Å². The number of thiophene rings is 1. The summed E-state index contributed by atoms with van der Waals surface area (Å²) in [6, 6.07) is 8.07. The molecular formula is C23H22ClN3O4S2. The van der Waals surface area contributed by atoms with Crippen molar-refractivity contribution in [2.45, 2.75) is 38.6 Å². The summed E-state index contributed by atoms with van der Waals surface area (Å²) in [5, 5.41) is 3.35. The summed E-state index contributed by atoms with van der Waals surface area (Å²) in [5.41, 5.74) is 2.85. The van der Waals surface area contributed by atoms with Crippen molar-refractivity contribution in [1.29, 1.82) is 0 Å². The summed E-state index contributed by atoms with van der Waals surface area (Å²) in [7, 11) is 0. The van der Waals surface area contributed by atoms with Crippen molar-refractivity contribution in [1.82, 2.24) is 9.97 Å². The number of thioether (sulfide) groups is 1. The van der Waals surface area contributed by atoms with Crippen LogP contribution < -0.4 is 5.32 Å². The van der Waals surface area contributed by atoms with Gasteiger partial charge in [-0.05, 0) is 38.8 Å².